The molecule has 0 atom stereocenters. The Kier molecular flexibility index (Phi) is 5.36. The van der Waals surface area contributed by atoms with Gasteiger partial charge >= 0.3 is 0 Å². The van der Waals surface area contributed by atoms with Gasteiger partial charge in [0.25, 0.3) is 0 Å². The van der Waals surface area contributed by atoms with Gasteiger partial charge in [0.15, 0.2) is 0 Å². The van der Waals surface area contributed by atoms with Crippen molar-refractivity contribution in [1.29, 1.82) is 0 Å². The molecule has 0 heterocycles. The van der Waals surface area contributed by atoms with Crippen LogP contribution in [0.2, 0.25) is 19.6 Å². The Bertz CT molecular complexity index is 484. The van der Waals surface area contributed by atoms with E-state index < -0.39 is 8.07 Å². The maximum Gasteiger partial charge on any atom is 0.148 e. The van der Waals surface area contributed by atoms with Crippen molar-refractivity contribution in [2.24, 2.45) is 0 Å². The molecule has 0 aliphatic rings. The van der Waals surface area contributed by atoms with Gasteiger partial charge in [-0.3, -0.25) is 0 Å². The lowest BCUT2D eigenvalue weighted by Gasteiger charge is -2.06. The lowest BCUT2D eigenvalue weighted by molar-refractivity contribution is 0.352. The number of hydrogen-bond donors (Lipinski definition) is 0. The summed E-state index contributed by atoms with van der Waals surface area (Å²) in [6.07, 6.45) is 5.13. The van der Waals surface area contributed by atoms with Crippen LogP contribution in [0.5, 0.6) is 11.5 Å². The monoisotopic (exact) mass is 258 g/mol. The first-order valence-electron chi connectivity index (χ1n) is 5.80. The third kappa shape index (κ3) is 6.03. The highest BCUT2D eigenvalue weighted by molar-refractivity contribution is 6.83. The van der Waals surface area contributed by atoms with E-state index in [0.29, 0.717) is 12.4 Å². The standard InChI is InChI=1S/C15H18O2Si/c1-5-10-16-14-8-6-9-15(13-14)17-11-7-12-18(2,3)4/h1,6,8-9,13H,10-11H2,2-4H3. The molecule has 2 nitrogen and oxygen atoms in total. The summed E-state index contributed by atoms with van der Waals surface area (Å²) in [6, 6.07) is 7.40. The smallest absolute Gasteiger partial charge is 0.148 e. The molecule has 0 aliphatic heterocycles. The molecule has 0 spiro atoms. The van der Waals surface area contributed by atoms with E-state index in [1.807, 2.05) is 24.3 Å². The molecule has 0 N–H and O–H groups in total. The second kappa shape index (κ2) is 6.79. The first-order valence-corrected chi connectivity index (χ1v) is 9.30. The molecule has 0 aliphatic carbocycles. The summed E-state index contributed by atoms with van der Waals surface area (Å²) in [5, 5.41) is 0. The first-order chi connectivity index (χ1) is 8.51. The summed E-state index contributed by atoms with van der Waals surface area (Å²) < 4.78 is 10.9. The molecule has 0 aromatic heterocycles. The van der Waals surface area contributed by atoms with Gasteiger partial charge in [0.2, 0.25) is 0 Å². The summed E-state index contributed by atoms with van der Waals surface area (Å²) in [5.74, 6) is 6.93. The minimum atomic E-state index is -1.31. The van der Waals surface area contributed by atoms with Crippen molar-refractivity contribution in [2.45, 2.75) is 19.6 Å². The van der Waals surface area contributed by atoms with Crippen LogP contribution in [0, 0.1) is 23.8 Å². The molecule has 1 aromatic carbocycles. The fourth-order valence-corrected chi connectivity index (χ4v) is 1.80. The van der Waals surface area contributed by atoms with E-state index in [2.05, 4.69) is 37.0 Å². The third-order valence-electron chi connectivity index (χ3n) is 1.90. The number of terminal acetylenes is 1. The van der Waals surface area contributed by atoms with Gasteiger partial charge < -0.3 is 9.47 Å². The van der Waals surface area contributed by atoms with Crippen LogP contribution in [0.4, 0.5) is 0 Å². The normalized spacial score (nSPS) is 9.89. The molecule has 0 saturated heterocycles. The summed E-state index contributed by atoms with van der Waals surface area (Å²) in [7, 11) is -1.31. The molecular weight excluding hydrogens is 240 g/mol. The lowest BCUT2D eigenvalue weighted by atomic mass is 10.3. The average Bonchev–Trinajstić information content (AvgIpc) is 2.31. The SMILES string of the molecule is C#CCOc1cccc(OCC#C[Si](C)(C)C)c1. The Labute approximate surface area is 110 Å². The van der Waals surface area contributed by atoms with Crippen LogP contribution in [0.3, 0.4) is 0 Å². The van der Waals surface area contributed by atoms with Crippen LogP contribution in [0.25, 0.3) is 0 Å². The molecule has 0 radical (unpaired) electrons. The van der Waals surface area contributed by atoms with Crippen LogP contribution in [0.1, 0.15) is 0 Å². The van der Waals surface area contributed by atoms with Crippen molar-refractivity contribution in [3.05, 3.63) is 24.3 Å². The molecular formula is C15H18O2Si. The van der Waals surface area contributed by atoms with E-state index in [0.717, 1.165) is 5.75 Å². The highest BCUT2D eigenvalue weighted by Crippen LogP contribution is 2.19. The van der Waals surface area contributed by atoms with Gasteiger partial charge in [-0.2, -0.15) is 0 Å². The van der Waals surface area contributed by atoms with Crippen molar-refractivity contribution in [3.8, 4) is 35.3 Å². The van der Waals surface area contributed by atoms with Crippen molar-refractivity contribution in [1.82, 2.24) is 0 Å². The molecule has 0 fully saturated rings. The van der Waals surface area contributed by atoms with Gasteiger partial charge in [0, 0.05) is 6.07 Å². The lowest BCUT2D eigenvalue weighted by Crippen LogP contribution is -2.16. The van der Waals surface area contributed by atoms with Gasteiger partial charge in [0.1, 0.15) is 32.8 Å². The molecule has 1 rings (SSSR count). The number of hydrogen-bond acceptors (Lipinski definition) is 2. The molecule has 0 bridgehead atoms. The van der Waals surface area contributed by atoms with E-state index in [1.165, 1.54) is 0 Å². The Morgan fingerprint density at radius 1 is 1.11 bits per heavy atom. The van der Waals surface area contributed by atoms with Crippen LogP contribution < -0.4 is 9.47 Å². The molecule has 1 aromatic rings. The second-order valence-electron chi connectivity index (χ2n) is 4.81. The van der Waals surface area contributed by atoms with E-state index in [1.54, 1.807) is 0 Å². The van der Waals surface area contributed by atoms with Gasteiger partial charge in [0.05, 0.1) is 0 Å². The highest BCUT2D eigenvalue weighted by atomic mass is 28.3. The molecule has 18 heavy (non-hydrogen) atoms. The predicted molar refractivity (Wildman–Crippen MR) is 77.4 cm³/mol. The maximum absolute atomic E-state index is 5.54. The zero-order valence-electron chi connectivity index (χ0n) is 11.1. The summed E-state index contributed by atoms with van der Waals surface area (Å²) in [5.41, 5.74) is 3.25. The Balaban J connectivity index is 2.52. The fraction of sp³-hybridized carbons (Fsp3) is 0.333. The number of benzene rings is 1. The Morgan fingerprint density at radius 3 is 2.28 bits per heavy atom. The van der Waals surface area contributed by atoms with Crippen LogP contribution in [-0.2, 0) is 0 Å². The molecule has 94 valence electrons. The molecule has 0 unspecified atom stereocenters. The number of rotatable bonds is 4. The first kappa shape index (κ1) is 14.2. The van der Waals surface area contributed by atoms with Crippen molar-refractivity contribution in [2.75, 3.05) is 13.2 Å². The maximum atomic E-state index is 5.54. The number of ether oxygens (including phenoxy) is 2. The van der Waals surface area contributed by atoms with Crippen LogP contribution >= 0.6 is 0 Å². The van der Waals surface area contributed by atoms with Gasteiger partial charge in [-0.1, -0.05) is 37.5 Å². The minimum absolute atomic E-state index is 0.263. The topological polar surface area (TPSA) is 18.5 Å². The van der Waals surface area contributed by atoms with E-state index in [4.69, 9.17) is 15.9 Å². The summed E-state index contributed by atoms with van der Waals surface area (Å²) in [6.45, 7) is 7.28. The van der Waals surface area contributed by atoms with E-state index in [-0.39, 0.29) is 6.61 Å². The molecule has 0 saturated carbocycles. The largest absolute Gasteiger partial charge is 0.481 e. The molecule has 0 amide bonds. The van der Waals surface area contributed by atoms with Crippen molar-refractivity contribution >= 4 is 8.07 Å². The Hall–Kier alpha value is -1.84. The average molecular weight is 258 g/mol. The van der Waals surface area contributed by atoms with E-state index >= 15 is 0 Å². The van der Waals surface area contributed by atoms with E-state index in [9.17, 15) is 0 Å². The van der Waals surface area contributed by atoms with Gasteiger partial charge in [-0.15, -0.1) is 12.0 Å². The second-order valence-corrected chi connectivity index (χ2v) is 9.56. The highest BCUT2D eigenvalue weighted by Gasteiger charge is 2.07. The summed E-state index contributed by atoms with van der Waals surface area (Å²) in [4.78, 5) is 0. The zero-order valence-corrected chi connectivity index (χ0v) is 12.1. The van der Waals surface area contributed by atoms with Crippen molar-refractivity contribution in [3.63, 3.8) is 0 Å². The Morgan fingerprint density at radius 2 is 1.72 bits per heavy atom. The van der Waals surface area contributed by atoms with Crippen LogP contribution in [-0.4, -0.2) is 21.3 Å². The zero-order chi connectivity index (χ0) is 13.4. The van der Waals surface area contributed by atoms with Gasteiger partial charge in [-0.25, -0.2) is 0 Å². The van der Waals surface area contributed by atoms with Crippen LogP contribution in [0.15, 0.2) is 24.3 Å². The predicted octanol–water partition coefficient (Wildman–Crippen LogP) is 2.96. The quantitative estimate of drug-likeness (QED) is 0.610. The molecule has 3 heteroatoms. The third-order valence-corrected chi connectivity index (χ3v) is 2.83. The minimum Gasteiger partial charge on any atom is -0.481 e. The fourth-order valence-electron chi connectivity index (χ4n) is 1.20. The van der Waals surface area contributed by atoms with Crippen molar-refractivity contribution < 1.29 is 9.47 Å². The van der Waals surface area contributed by atoms with Gasteiger partial charge in [-0.05, 0) is 12.1 Å². The summed E-state index contributed by atoms with van der Waals surface area (Å²) >= 11 is 0.